The zero-order valence-corrected chi connectivity index (χ0v) is 12.6. The third kappa shape index (κ3) is 4.67. The second-order valence-corrected chi connectivity index (χ2v) is 5.48. The third-order valence-corrected chi connectivity index (χ3v) is 3.45. The van der Waals surface area contributed by atoms with Gasteiger partial charge in [-0.1, -0.05) is 42.5 Å². The topological polar surface area (TPSA) is 55.1 Å². The lowest BCUT2D eigenvalue weighted by atomic mass is 9.98. The van der Waals surface area contributed by atoms with Gasteiger partial charge in [0.1, 0.15) is 5.82 Å². The predicted octanol–water partition coefficient (Wildman–Crippen LogP) is 3.16. The van der Waals surface area contributed by atoms with Gasteiger partial charge >= 0.3 is 0 Å². The van der Waals surface area contributed by atoms with Gasteiger partial charge in [0.05, 0.1) is 6.04 Å². The molecule has 0 saturated carbocycles. The number of carbonyl (C=O) groups is 1. The molecule has 116 valence electrons. The number of amides is 1. The molecule has 0 aromatic heterocycles. The van der Waals surface area contributed by atoms with Crippen LogP contribution in [0.3, 0.4) is 0 Å². The minimum atomic E-state index is -0.363. The van der Waals surface area contributed by atoms with Gasteiger partial charge in [-0.05, 0) is 36.6 Å². The Morgan fingerprint density at radius 1 is 1.14 bits per heavy atom. The molecule has 0 heterocycles. The molecule has 0 aliphatic rings. The Morgan fingerprint density at radius 2 is 1.82 bits per heavy atom. The molecule has 4 heteroatoms. The predicted molar refractivity (Wildman–Crippen MR) is 85.7 cm³/mol. The largest absolute Gasteiger partial charge is 0.345 e. The van der Waals surface area contributed by atoms with Crippen LogP contribution in [0.4, 0.5) is 4.39 Å². The van der Waals surface area contributed by atoms with E-state index in [-0.39, 0.29) is 23.8 Å². The highest BCUT2D eigenvalue weighted by Crippen LogP contribution is 2.22. The number of hydrogen-bond donors (Lipinski definition) is 2. The fourth-order valence-electron chi connectivity index (χ4n) is 2.28. The first kappa shape index (κ1) is 16.2. The standard InChI is InChI=1S/C18H21FN2O/c1-13(20)10-11-17(22)21-18(14-6-3-2-4-7-14)15-8-5-9-16(19)12-15/h2-9,12-13,18H,10-11,20H2,1H3,(H,21,22). The van der Waals surface area contributed by atoms with Crippen molar-refractivity contribution in [2.45, 2.75) is 31.8 Å². The molecule has 2 aromatic carbocycles. The van der Waals surface area contributed by atoms with Crippen LogP contribution < -0.4 is 11.1 Å². The maximum atomic E-state index is 13.5. The summed E-state index contributed by atoms with van der Waals surface area (Å²) < 4.78 is 13.5. The summed E-state index contributed by atoms with van der Waals surface area (Å²) in [5.41, 5.74) is 7.33. The van der Waals surface area contributed by atoms with Gasteiger partial charge in [-0.25, -0.2) is 4.39 Å². The molecule has 0 bridgehead atoms. The molecule has 0 aliphatic carbocycles. The van der Waals surface area contributed by atoms with Gasteiger partial charge in [0, 0.05) is 12.5 Å². The highest BCUT2D eigenvalue weighted by atomic mass is 19.1. The van der Waals surface area contributed by atoms with Crippen LogP contribution in [0.15, 0.2) is 54.6 Å². The van der Waals surface area contributed by atoms with Crippen molar-refractivity contribution in [2.24, 2.45) is 5.73 Å². The molecule has 1 amide bonds. The SMILES string of the molecule is CC(N)CCC(=O)NC(c1ccccc1)c1cccc(F)c1. The van der Waals surface area contributed by atoms with Gasteiger partial charge in [-0.2, -0.15) is 0 Å². The minimum absolute atomic E-state index is 0.0184. The molecule has 0 radical (unpaired) electrons. The van der Waals surface area contributed by atoms with Crippen LogP contribution in [0.5, 0.6) is 0 Å². The average molecular weight is 300 g/mol. The van der Waals surface area contributed by atoms with Crippen molar-refractivity contribution in [3.63, 3.8) is 0 Å². The van der Waals surface area contributed by atoms with Crippen molar-refractivity contribution in [1.82, 2.24) is 5.32 Å². The molecule has 0 saturated heterocycles. The summed E-state index contributed by atoms with van der Waals surface area (Å²) in [5.74, 6) is -0.404. The first-order chi connectivity index (χ1) is 10.6. The summed E-state index contributed by atoms with van der Waals surface area (Å²) >= 11 is 0. The summed E-state index contributed by atoms with van der Waals surface area (Å²) in [6, 6.07) is 15.5. The van der Waals surface area contributed by atoms with E-state index in [2.05, 4.69) is 5.32 Å². The average Bonchev–Trinajstić information content (AvgIpc) is 2.51. The van der Waals surface area contributed by atoms with Crippen molar-refractivity contribution in [1.29, 1.82) is 0 Å². The maximum absolute atomic E-state index is 13.5. The summed E-state index contributed by atoms with van der Waals surface area (Å²) in [6.45, 7) is 1.87. The minimum Gasteiger partial charge on any atom is -0.345 e. The molecular weight excluding hydrogens is 279 g/mol. The van der Waals surface area contributed by atoms with Crippen LogP contribution in [0.25, 0.3) is 0 Å². The molecule has 0 fully saturated rings. The van der Waals surface area contributed by atoms with Gasteiger partial charge in [-0.15, -0.1) is 0 Å². The first-order valence-corrected chi connectivity index (χ1v) is 7.41. The fourth-order valence-corrected chi connectivity index (χ4v) is 2.28. The van der Waals surface area contributed by atoms with Crippen molar-refractivity contribution < 1.29 is 9.18 Å². The number of carbonyl (C=O) groups excluding carboxylic acids is 1. The highest BCUT2D eigenvalue weighted by Gasteiger charge is 2.17. The lowest BCUT2D eigenvalue weighted by Crippen LogP contribution is -2.30. The summed E-state index contributed by atoms with van der Waals surface area (Å²) in [6.07, 6.45) is 0.979. The van der Waals surface area contributed by atoms with Crippen LogP contribution in [-0.4, -0.2) is 11.9 Å². The van der Waals surface area contributed by atoms with E-state index in [1.807, 2.05) is 43.3 Å². The number of nitrogens with one attached hydrogen (secondary N) is 1. The Bertz CT molecular complexity index is 613. The number of rotatable bonds is 6. The second kappa shape index (κ2) is 7.71. The maximum Gasteiger partial charge on any atom is 0.220 e. The Balaban J connectivity index is 2.21. The number of benzene rings is 2. The molecule has 0 aliphatic heterocycles. The van der Waals surface area contributed by atoms with Gasteiger partial charge in [-0.3, -0.25) is 4.79 Å². The summed E-state index contributed by atoms with van der Waals surface area (Å²) in [7, 11) is 0. The van der Waals surface area contributed by atoms with E-state index < -0.39 is 0 Å². The zero-order valence-electron chi connectivity index (χ0n) is 12.6. The van der Waals surface area contributed by atoms with E-state index in [0.29, 0.717) is 12.8 Å². The summed E-state index contributed by atoms with van der Waals surface area (Å²) in [5, 5.41) is 2.97. The Labute approximate surface area is 130 Å². The molecule has 2 atom stereocenters. The van der Waals surface area contributed by atoms with E-state index in [1.54, 1.807) is 6.07 Å². The van der Waals surface area contributed by atoms with Crippen LogP contribution >= 0.6 is 0 Å². The van der Waals surface area contributed by atoms with E-state index >= 15 is 0 Å². The third-order valence-electron chi connectivity index (χ3n) is 3.45. The molecule has 2 aromatic rings. The highest BCUT2D eigenvalue weighted by molar-refractivity contribution is 5.77. The van der Waals surface area contributed by atoms with Crippen LogP contribution in [-0.2, 0) is 4.79 Å². The monoisotopic (exact) mass is 300 g/mol. The molecular formula is C18H21FN2O. The molecule has 22 heavy (non-hydrogen) atoms. The molecule has 3 N–H and O–H groups in total. The van der Waals surface area contributed by atoms with E-state index in [1.165, 1.54) is 12.1 Å². The van der Waals surface area contributed by atoms with Crippen LogP contribution in [0.2, 0.25) is 0 Å². The molecule has 3 nitrogen and oxygen atoms in total. The first-order valence-electron chi connectivity index (χ1n) is 7.41. The fraction of sp³-hybridized carbons (Fsp3) is 0.278. The van der Waals surface area contributed by atoms with Gasteiger partial charge in [0.25, 0.3) is 0 Å². The van der Waals surface area contributed by atoms with E-state index in [0.717, 1.165) is 11.1 Å². The second-order valence-electron chi connectivity index (χ2n) is 5.48. The summed E-state index contributed by atoms with van der Waals surface area (Å²) in [4.78, 5) is 12.1. The lowest BCUT2D eigenvalue weighted by Gasteiger charge is -2.20. The van der Waals surface area contributed by atoms with Crippen LogP contribution in [0.1, 0.15) is 36.9 Å². The van der Waals surface area contributed by atoms with Gasteiger partial charge in [0.15, 0.2) is 0 Å². The molecule has 2 rings (SSSR count). The van der Waals surface area contributed by atoms with Gasteiger partial charge < -0.3 is 11.1 Å². The Kier molecular flexibility index (Phi) is 5.67. The van der Waals surface area contributed by atoms with Crippen molar-refractivity contribution >= 4 is 5.91 Å². The van der Waals surface area contributed by atoms with E-state index in [4.69, 9.17) is 5.73 Å². The van der Waals surface area contributed by atoms with Crippen molar-refractivity contribution in [2.75, 3.05) is 0 Å². The number of hydrogen-bond acceptors (Lipinski definition) is 2. The molecule has 2 unspecified atom stereocenters. The zero-order chi connectivity index (χ0) is 15.9. The lowest BCUT2D eigenvalue weighted by molar-refractivity contribution is -0.121. The Morgan fingerprint density at radius 3 is 2.45 bits per heavy atom. The van der Waals surface area contributed by atoms with Crippen molar-refractivity contribution in [3.8, 4) is 0 Å². The number of nitrogens with two attached hydrogens (primary N) is 1. The smallest absolute Gasteiger partial charge is 0.220 e. The van der Waals surface area contributed by atoms with Gasteiger partial charge in [0.2, 0.25) is 5.91 Å². The quantitative estimate of drug-likeness (QED) is 0.861. The van der Waals surface area contributed by atoms with Crippen LogP contribution in [0, 0.1) is 5.82 Å². The normalized spacial score (nSPS) is 13.4. The number of halogens is 1. The molecule has 0 spiro atoms. The van der Waals surface area contributed by atoms with E-state index in [9.17, 15) is 9.18 Å². The van der Waals surface area contributed by atoms with Crippen molar-refractivity contribution in [3.05, 3.63) is 71.5 Å². The Hall–Kier alpha value is -2.20.